The van der Waals surface area contributed by atoms with Crippen LogP contribution in [0.3, 0.4) is 0 Å². The van der Waals surface area contributed by atoms with Crippen molar-refractivity contribution in [1.29, 1.82) is 0 Å². The zero-order valence-electron chi connectivity index (χ0n) is 9.17. The Labute approximate surface area is 90.3 Å². The van der Waals surface area contributed by atoms with E-state index in [0.717, 1.165) is 18.7 Å². The highest BCUT2D eigenvalue weighted by molar-refractivity contribution is 5.13. The maximum Gasteiger partial charge on any atom is 0.123 e. The Morgan fingerprint density at radius 2 is 1.87 bits per heavy atom. The van der Waals surface area contributed by atoms with Gasteiger partial charge in [-0.1, -0.05) is 12.1 Å². The highest BCUT2D eigenvalue weighted by Crippen LogP contribution is 1.99. The molecule has 0 saturated carbocycles. The van der Waals surface area contributed by atoms with E-state index in [1.807, 2.05) is 13.0 Å². The molecule has 0 aliphatic carbocycles. The van der Waals surface area contributed by atoms with Crippen LogP contribution in [0.4, 0.5) is 4.39 Å². The Morgan fingerprint density at radius 1 is 1.20 bits per heavy atom. The lowest BCUT2D eigenvalue weighted by molar-refractivity contribution is -1.09. The average Bonchev–Trinajstić information content (AvgIpc) is 2.19. The molecule has 1 heterocycles. The number of quaternary nitrogens is 1. The van der Waals surface area contributed by atoms with Gasteiger partial charge < -0.3 is 0 Å². The van der Waals surface area contributed by atoms with Gasteiger partial charge in [0, 0.05) is 0 Å². The van der Waals surface area contributed by atoms with Crippen molar-refractivity contribution in [2.24, 2.45) is 0 Å². The van der Waals surface area contributed by atoms with Crippen molar-refractivity contribution in [3.63, 3.8) is 0 Å². The zero-order chi connectivity index (χ0) is 11.1. The fourth-order valence-electron chi connectivity index (χ4n) is 1.57. The van der Waals surface area contributed by atoms with Gasteiger partial charge in [0.15, 0.2) is 0 Å². The van der Waals surface area contributed by atoms with Gasteiger partial charge in [-0.2, -0.15) is 5.06 Å². The second-order valence-corrected chi connectivity index (χ2v) is 3.93. The van der Waals surface area contributed by atoms with Crippen molar-refractivity contribution < 1.29 is 14.7 Å². The maximum absolute atomic E-state index is 12.2. The summed E-state index contributed by atoms with van der Waals surface area (Å²) >= 11 is 0. The highest BCUT2D eigenvalue weighted by Gasteiger charge is 2.08. The monoisotopic (exact) mass is 212 g/mol. The molecule has 0 aromatic heterocycles. The molecular formula is C12H19FNO+. The summed E-state index contributed by atoms with van der Waals surface area (Å²) in [7, 11) is 0. The summed E-state index contributed by atoms with van der Waals surface area (Å²) in [6, 6.07) is 6.50. The summed E-state index contributed by atoms with van der Waals surface area (Å²) in [5.74, 6) is -0.162. The van der Waals surface area contributed by atoms with E-state index in [1.165, 1.54) is 31.4 Å². The van der Waals surface area contributed by atoms with Crippen molar-refractivity contribution >= 4 is 0 Å². The van der Waals surface area contributed by atoms with Crippen LogP contribution in [0.25, 0.3) is 0 Å². The van der Waals surface area contributed by atoms with E-state index in [9.17, 15) is 4.39 Å². The van der Waals surface area contributed by atoms with Crippen LogP contribution in [-0.2, 0) is 0 Å². The van der Waals surface area contributed by atoms with Gasteiger partial charge >= 0.3 is 0 Å². The predicted molar refractivity (Wildman–Crippen MR) is 57.5 cm³/mol. The van der Waals surface area contributed by atoms with Gasteiger partial charge in [-0.15, -0.1) is 0 Å². The van der Waals surface area contributed by atoms with Gasteiger partial charge in [-0.25, -0.2) is 9.60 Å². The van der Waals surface area contributed by atoms with Crippen molar-refractivity contribution in [1.82, 2.24) is 0 Å². The lowest BCUT2D eigenvalue weighted by Gasteiger charge is -2.14. The van der Waals surface area contributed by atoms with Crippen LogP contribution in [0.5, 0.6) is 0 Å². The van der Waals surface area contributed by atoms with E-state index in [0.29, 0.717) is 5.06 Å². The van der Waals surface area contributed by atoms with Crippen LogP contribution in [0.1, 0.15) is 24.8 Å². The van der Waals surface area contributed by atoms with Crippen LogP contribution >= 0.6 is 0 Å². The number of piperidine rings is 1. The minimum absolute atomic E-state index is 0.162. The Bertz CT molecular complexity index is 267. The van der Waals surface area contributed by atoms with E-state index in [2.05, 4.69) is 0 Å². The molecule has 15 heavy (non-hydrogen) atoms. The SMILES string of the molecule is Cc1cccc(F)c1.O[NH+]1CCCCC1. The first-order chi connectivity index (χ1) is 7.18. The quantitative estimate of drug-likeness (QED) is 0.670. The standard InChI is InChI=1S/C7H7F.C5H11NO/c1-6-3-2-4-7(8)5-6;7-6-4-2-1-3-5-6/h2-5H,1H3;7H,1-5H2/p+1. The lowest BCUT2D eigenvalue weighted by Crippen LogP contribution is -3.10. The van der Waals surface area contributed by atoms with Gasteiger partial charge in [0.05, 0.1) is 0 Å². The molecule has 0 radical (unpaired) electrons. The van der Waals surface area contributed by atoms with Crippen LogP contribution in [0.15, 0.2) is 24.3 Å². The number of hydrogen-bond donors (Lipinski definition) is 2. The highest BCUT2D eigenvalue weighted by atomic mass is 19.1. The zero-order valence-corrected chi connectivity index (χ0v) is 9.17. The first-order valence-corrected chi connectivity index (χ1v) is 5.44. The minimum Gasteiger partial charge on any atom is -0.219 e. The third-order valence-electron chi connectivity index (χ3n) is 2.41. The fourth-order valence-corrected chi connectivity index (χ4v) is 1.57. The molecular weight excluding hydrogens is 193 g/mol. The normalized spacial score (nSPS) is 16.7. The molecule has 0 bridgehead atoms. The second-order valence-electron chi connectivity index (χ2n) is 3.93. The van der Waals surface area contributed by atoms with E-state index < -0.39 is 0 Å². The molecule has 1 aliphatic rings. The summed E-state index contributed by atoms with van der Waals surface area (Å²) in [5.41, 5.74) is 0.963. The molecule has 1 fully saturated rings. The molecule has 0 atom stereocenters. The topological polar surface area (TPSA) is 24.7 Å². The smallest absolute Gasteiger partial charge is 0.123 e. The van der Waals surface area contributed by atoms with Crippen LogP contribution in [0, 0.1) is 12.7 Å². The average molecular weight is 212 g/mol. The minimum atomic E-state index is -0.162. The summed E-state index contributed by atoms with van der Waals surface area (Å²) in [6.07, 6.45) is 3.71. The second kappa shape index (κ2) is 6.53. The summed E-state index contributed by atoms with van der Waals surface area (Å²) in [6.45, 7) is 3.78. The molecule has 1 saturated heterocycles. The van der Waals surface area contributed by atoms with Crippen LogP contribution in [0.2, 0.25) is 0 Å². The molecule has 3 heteroatoms. The first-order valence-electron chi connectivity index (χ1n) is 5.44. The molecule has 2 nitrogen and oxygen atoms in total. The largest absolute Gasteiger partial charge is 0.219 e. The number of halogens is 1. The van der Waals surface area contributed by atoms with Crippen molar-refractivity contribution in [2.75, 3.05) is 13.1 Å². The van der Waals surface area contributed by atoms with E-state index >= 15 is 0 Å². The Hall–Kier alpha value is -0.930. The van der Waals surface area contributed by atoms with Gasteiger partial charge in [0.1, 0.15) is 18.9 Å². The maximum atomic E-state index is 12.2. The van der Waals surface area contributed by atoms with Gasteiger partial charge in [-0.05, 0) is 43.9 Å². The number of hydrogen-bond acceptors (Lipinski definition) is 1. The fraction of sp³-hybridized carbons (Fsp3) is 0.500. The molecule has 0 amide bonds. The third kappa shape index (κ3) is 5.50. The van der Waals surface area contributed by atoms with Crippen molar-refractivity contribution in [2.45, 2.75) is 26.2 Å². The number of hydroxylamine groups is 2. The summed E-state index contributed by atoms with van der Waals surface area (Å²) in [4.78, 5) is 0. The summed E-state index contributed by atoms with van der Waals surface area (Å²) in [5, 5.41) is 9.54. The van der Waals surface area contributed by atoms with Gasteiger partial charge in [0.2, 0.25) is 0 Å². The Kier molecular flexibility index (Phi) is 5.29. The number of rotatable bonds is 0. The Balaban J connectivity index is 0.000000151. The lowest BCUT2D eigenvalue weighted by atomic mass is 10.2. The molecule has 1 aromatic rings. The Morgan fingerprint density at radius 3 is 2.20 bits per heavy atom. The molecule has 2 N–H and O–H groups in total. The number of benzene rings is 1. The van der Waals surface area contributed by atoms with E-state index in [1.54, 1.807) is 6.07 Å². The first kappa shape index (κ1) is 12.1. The number of aryl methyl sites for hydroxylation is 1. The van der Waals surface area contributed by atoms with Gasteiger partial charge in [-0.3, -0.25) is 0 Å². The van der Waals surface area contributed by atoms with Crippen molar-refractivity contribution in [3.05, 3.63) is 35.6 Å². The van der Waals surface area contributed by atoms with E-state index in [-0.39, 0.29) is 5.82 Å². The van der Waals surface area contributed by atoms with E-state index in [4.69, 9.17) is 5.21 Å². The predicted octanol–water partition coefficient (Wildman–Crippen LogP) is 1.58. The van der Waals surface area contributed by atoms with Crippen molar-refractivity contribution in [3.8, 4) is 0 Å². The summed E-state index contributed by atoms with van der Waals surface area (Å²) < 4.78 is 12.2. The van der Waals surface area contributed by atoms with Crippen LogP contribution in [-0.4, -0.2) is 18.3 Å². The molecule has 0 spiro atoms. The molecule has 2 rings (SSSR count). The van der Waals surface area contributed by atoms with Crippen LogP contribution < -0.4 is 5.06 Å². The molecule has 0 unspecified atom stereocenters. The third-order valence-corrected chi connectivity index (χ3v) is 2.41. The van der Waals surface area contributed by atoms with Gasteiger partial charge in [0.25, 0.3) is 0 Å². The molecule has 1 aromatic carbocycles. The molecule has 84 valence electrons. The number of nitrogens with one attached hydrogen (secondary N) is 1. The molecule has 1 aliphatic heterocycles.